The van der Waals surface area contributed by atoms with Crippen LogP contribution in [0, 0.1) is 5.92 Å². The molecule has 0 aromatic rings. The third-order valence-corrected chi connectivity index (χ3v) is 2.69. The molecule has 1 atom stereocenters. The summed E-state index contributed by atoms with van der Waals surface area (Å²) in [6.45, 7) is 1.00. The van der Waals surface area contributed by atoms with Crippen molar-refractivity contribution in [2.45, 2.75) is 25.2 Å². The zero-order valence-corrected chi connectivity index (χ0v) is 9.47. The molecular weight excluding hydrogens is 242 g/mol. The van der Waals surface area contributed by atoms with Crippen LogP contribution in [0.1, 0.15) is 12.8 Å². The highest BCUT2D eigenvalue weighted by Gasteiger charge is 2.50. The monoisotopic (exact) mass is 257 g/mol. The average molecular weight is 257 g/mol. The van der Waals surface area contributed by atoms with Crippen molar-refractivity contribution < 1.29 is 27.1 Å². The van der Waals surface area contributed by atoms with Gasteiger partial charge in [-0.25, -0.2) is 8.78 Å². The van der Waals surface area contributed by atoms with Crippen LogP contribution in [0.4, 0.5) is 17.6 Å². The number of rotatable bonds is 4. The van der Waals surface area contributed by atoms with Crippen molar-refractivity contribution in [2.75, 3.05) is 26.8 Å². The van der Waals surface area contributed by atoms with E-state index in [9.17, 15) is 22.4 Å². The number of carbonyl (C=O) groups excluding carboxylic acids is 1. The van der Waals surface area contributed by atoms with Gasteiger partial charge in [0, 0.05) is 20.2 Å². The summed E-state index contributed by atoms with van der Waals surface area (Å²) in [7, 11) is 1.10. The van der Waals surface area contributed by atoms with Gasteiger partial charge in [0.15, 0.2) is 0 Å². The highest BCUT2D eigenvalue weighted by atomic mass is 19.3. The Kier molecular flexibility index (Phi) is 4.73. The second-order valence-electron chi connectivity index (χ2n) is 4.19. The average Bonchev–Trinajstić information content (AvgIpc) is 2.29. The third kappa shape index (κ3) is 3.55. The Morgan fingerprint density at radius 2 is 2.18 bits per heavy atom. The molecule has 0 bridgehead atoms. The van der Waals surface area contributed by atoms with E-state index in [0.717, 1.165) is 19.9 Å². The van der Waals surface area contributed by atoms with Crippen molar-refractivity contribution in [1.29, 1.82) is 0 Å². The van der Waals surface area contributed by atoms with E-state index in [0.29, 0.717) is 18.1 Å². The van der Waals surface area contributed by atoms with E-state index in [1.54, 1.807) is 0 Å². The van der Waals surface area contributed by atoms with E-state index in [2.05, 4.69) is 0 Å². The van der Waals surface area contributed by atoms with Crippen molar-refractivity contribution >= 4 is 5.91 Å². The van der Waals surface area contributed by atoms with Crippen LogP contribution in [-0.2, 0) is 9.53 Å². The standard InChI is InChI=1S/C10H15F4NO2/c1-15(5-7-3-2-4-17-6-7)9(16)10(13,14)8(11)12/h7-8H,2-6H2,1H3. The summed E-state index contributed by atoms with van der Waals surface area (Å²) in [4.78, 5) is 11.8. The predicted octanol–water partition coefficient (Wildman–Crippen LogP) is 1.77. The summed E-state index contributed by atoms with van der Waals surface area (Å²) in [6, 6.07) is 0. The maximum absolute atomic E-state index is 12.8. The second-order valence-corrected chi connectivity index (χ2v) is 4.19. The molecule has 1 heterocycles. The van der Waals surface area contributed by atoms with Crippen LogP contribution >= 0.6 is 0 Å². The molecule has 1 rings (SSSR count). The fourth-order valence-electron chi connectivity index (χ4n) is 1.77. The Morgan fingerprint density at radius 1 is 1.53 bits per heavy atom. The van der Waals surface area contributed by atoms with Crippen molar-refractivity contribution in [3.05, 3.63) is 0 Å². The molecule has 1 saturated heterocycles. The van der Waals surface area contributed by atoms with E-state index in [1.807, 2.05) is 0 Å². The van der Waals surface area contributed by atoms with Gasteiger partial charge in [-0.05, 0) is 18.8 Å². The largest absolute Gasteiger partial charge is 0.383 e. The van der Waals surface area contributed by atoms with Gasteiger partial charge in [-0.1, -0.05) is 0 Å². The number of hydrogen-bond donors (Lipinski definition) is 0. The minimum atomic E-state index is -4.61. The van der Waals surface area contributed by atoms with Gasteiger partial charge in [-0.15, -0.1) is 0 Å². The second kappa shape index (κ2) is 5.66. The molecular formula is C10H15F4NO2. The molecule has 0 saturated carbocycles. The van der Waals surface area contributed by atoms with Crippen LogP contribution in [0.25, 0.3) is 0 Å². The summed E-state index contributed by atoms with van der Waals surface area (Å²) in [5.41, 5.74) is 0. The molecule has 7 heteroatoms. The fourth-order valence-corrected chi connectivity index (χ4v) is 1.77. The van der Waals surface area contributed by atoms with E-state index in [4.69, 9.17) is 4.74 Å². The van der Waals surface area contributed by atoms with Crippen LogP contribution in [0.3, 0.4) is 0 Å². The number of carbonyl (C=O) groups is 1. The number of halogens is 4. The summed E-state index contributed by atoms with van der Waals surface area (Å²) in [6.07, 6.45) is -2.43. The van der Waals surface area contributed by atoms with Crippen molar-refractivity contribution in [2.24, 2.45) is 5.92 Å². The molecule has 3 nitrogen and oxygen atoms in total. The number of hydrogen-bond acceptors (Lipinski definition) is 2. The lowest BCUT2D eigenvalue weighted by molar-refractivity contribution is -0.180. The number of amides is 1. The molecule has 0 radical (unpaired) electrons. The highest BCUT2D eigenvalue weighted by Crippen LogP contribution is 2.26. The minimum Gasteiger partial charge on any atom is -0.381 e. The topological polar surface area (TPSA) is 29.5 Å². The Hall–Kier alpha value is -0.850. The van der Waals surface area contributed by atoms with E-state index in [-0.39, 0.29) is 12.5 Å². The Bertz CT molecular complexity index is 267. The van der Waals surface area contributed by atoms with Gasteiger partial charge in [0.1, 0.15) is 0 Å². The van der Waals surface area contributed by atoms with Gasteiger partial charge in [-0.3, -0.25) is 4.79 Å². The van der Waals surface area contributed by atoms with E-state index in [1.165, 1.54) is 0 Å². The van der Waals surface area contributed by atoms with Crippen LogP contribution in [0.2, 0.25) is 0 Å². The predicted molar refractivity (Wildman–Crippen MR) is 52.1 cm³/mol. The number of ether oxygens (including phenoxy) is 1. The fraction of sp³-hybridized carbons (Fsp3) is 0.900. The lowest BCUT2D eigenvalue weighted by atomic mass is 10.0. The van der Waals surface area contributed by atoms with E-state index >= 15 is 0 Å². The van der Waals surface area contributed by atoms with Gasteiger partial charge < -0.3 is 9.64 Å². The molecule has 0 aliphatic carbocycles. The molecule has 1 fully saturated rings. The van der Waals surface area contributed by atoms with Crippen LogP contribution < -0.4 is 0 Å². The first-order valence-corrected chi connectivity index (χ1v) is 5.35. The molecule has 1 unspecified atom stereocenters. The normalized spacial score (nSPS) is 21.6. The summed E-state index contributed by atoms with van der Waals surface area (Å²) in [5, 5.41) is 0. The van der Waals surface area contributed by atoms with Gasteiger partial charge in [-0.2, -0.15) is 8.78 Å². The first-order chi connectivity index (χ1) is 7.85. The maximum atomic E-state index is 12.8. The van der Waals surface area contributed by atoms with Crippen molar-refractivity contribution in [3.8, 4) is 0 Å². The minimum absolute atomic E-state index is 0.0150. The number of alkyl halides is 4. The number of nitrogens with zero attached hydrogens (tertiary/aromatic N) is 1. The SMILES string of the molecule is CN(CC1CCCOC1)C(=O)C(F)(F)C(F)F. The summed E-state index contributed by atoms with van der Waals surface area (Å²) in [5.74, 6) is -6.51. The molecule has 1 amide bonds. The third-order valence-electron chi connectivity index (χ3n) is 2.69. The molecule has 100 valence electrons. The molecule has 1 aliphatic rings. The van der Waals surface area contributed by atoms with Gasteiger partial charge >= 0.3 is 12.3 Å². The van der Waals surface area contributed by atoms with Crippen molar-refractivity contribution in [1.82, 2.24) is 4.90 Å². The highest BCUT2D eigenvalue weighted by molar-refractivity contribution is 5.83. The van der Waals surface area contributed by atoms with Gasteiger partial charge in [0.05, 0.1) is 6.61 Å². The summed E-state index contributed by atoms with van der Waals surface area (Å²) >= 11 is 0. The first-order valence-electron chi connectivity index (χ1n) is 5.35. The van der Waals surface area contributed by atoms with Crippen LogP contribution in [0.15, 0.2) is 0 Å². The van der Waals surface area contributed by atoms with Crippen LogP contribution in [-0.4, -0.2) is 50.0 Å². The van der Waals surface area contributed by atoms with Crippen molar-refractivity contribution in [3.63, 3.8) is 0 Å². The Morgan fingerprint density at radius 3 is 2.65 bits per heavy atom. The lowest BCUT2D eigenvalue weighted by Crippen LogP contribution is -2.48. The van der Waals surface area contributed by atoms with Gasteiger partial charge in [0.2, 0.25) is 0 Å². The van der Waals surface area contributed by atoms with E-state index < -0.39 is 18.3 Å². The summed E-state index contributed by atoms with van der Waals surface area (Å²) < 4.78 is 54.6. The molecule has 0 spiro atoms. The molecule has 0 N–H and O–H groups in total. The smallest absolute Gasteiger partial charge is 0.381 e. The quantitative estimate of drug-likeness (QED) is 0.718. The Balaban J connectivity index is 2.51. The zero-order valence-electron chi connectivity index (χ0n) is 9.47. The molecule has 17 heavy (non-hydrogen) atoms. The van der Waals surface area contributed by atoms with Gasteiger partial charge in [0.25, 0.3) is 5.91 Å². The molecule has 0 aromatic heterocycles. The van der Waals surface area contributed by atoms with Crippen LogP contribution in [0.5, 0.6) is 0 Å². The Labute approximate surface area is 96.7 Å². The first kappa shape index (κ1) is 14.2. The maximum Gasteiger partial charge on any atom is 0.383 e. The molecule has 1 aliphatic heterocycles. The lowest BCUT2D eigenvalue weighted by Gasteiger charge is -2.29. The zero-order chi connectivity index (χ0) is 13.1. The molecule has 0 aromatic carbocycles.